The van der Waals surface area contributed by atoms with Crippen molar-refractivity contribution in [3.05, 3.63) is 47.1 Å². The molecule has 4 nitrogen and oxygen atoms in total. The second-order valence-electron chi connectivity index (χ2n) is 5.14. The van der Waals surface area contributed by atoms with Crippen molar-refractivity contribution in [3.8, 4) is 5.75 Å². The molecule has 1 aliphatic carbocycles. The number of rotatable bonds is 6. The average Bonchev–Trinajstić information content (AvgIpc) is 3.14. The Labute approximate surface area is 116 Å². The fourth-order valence-electron chi connectivity index (χ4n) is 1.97. The first-order valence-electron chi connectivity index (χ1n) is 6.77. The van der Waals surface area contributed by atoms with Crippen LogP contribution in [0, 0.1) is 12.7 Å². The SMILES string of the molecule is Cc1cc(F)ccc1OCc1cc(CNC2CC2)no1. The average molecular weight is 276 g/mol. The van der Waals surface area contributed by atoms with Gasteiger partial charge in [-0.3, -0.25) is 0 Å². The summed E-state index contributed by atoms with van der Waals surface area (Å²) in [5.74, 6) is 1.06. The maximum atomic E-state index is 13.0. The van der Waals surface area contributed by atoms with E-state index in [1.54, 1.807) is 6.07 Å². The van der Waals surface area contributed by atoms with Crippen molar-refractivity contribution in [2.75, 3.05) is 0 Å². The summed E-state index contributed by atoms with van der Waals surface area (Å²) in [5.41, 5.74) is 1.64. The van der Waals surface area contributed by atoms with Crippen LogP contribution in [0.1, 0.15) is 29.9 Å². The maximum Gasteiger partial charge on any atom is 0.174 e. The first-order chi connectivity index (χ1) is 9.70. The van der Waals surface area contributed by atoms with Gasteiger partial charge in [0.25, 0.3) is 0 Å². The van der Waals surface area contributed by atoms with E-state index in [9.17, 15) is 4.39 Å². The van der Waals surface area contributed by atoms with Gasteiger partial charge in [-0.1, -0.05) is 5.16 Å². The van der Waals surface area contributed by atoms with Crippen molar-refractivity contribution in [1.29, 1.82) is 0 Å². The summed E-state index contributed by atoms with van der Waals surface area (Å²) in [7, 11) is 0. The maximum absolute atomic E-state index is 13.0. The van der Waals surface area contributed by atoms with Crippen LogP contribution in [0.3, 0.4) is 0 Å². The molecule has 0 atom stereocenters. The molecule has 1 saturated carbocycles. The van der Waals surface area contributed by atoms with Gasteiger partial charge in [0.15, 0.2) is 5.76 Å². The predicted molar refractivity (Wildman–Crippen MR) is 71.8 cm³/mol. The highest BCUT2D eigenvalue weighted by molar-refractivity contribution is 5.32. The summed E-state index contributed by atoms with van der Waals surface area (Å²) in [4.78, 5) is 0. The Hall–Kier alpha value is -1.88. The first-order valence-corrected chi connectivity index (χ1v) is 6.77. The number of nitrogens with one attached hydrogen (secondary N) is 1. The summed E-state index contributed by atoms with van der Waals surface area (Å²) in [6.07, 6.45) is 2.50. The van der Waals surface area contributed by atoms with Gasteiger partial charge in [0.05, 0.1) is 5.69 Å². The van der Waals surface area contributed by atoms with Crippen LogP contribution in [0.2, 0.25) is 0 Å². The summed E-state index contributed by atoms with van der Waals surface area (Å²) >= 11 is 0. The number of aryl methyl sites for hydroxylation is 1. The van der Waals surface area contributed by atoms with Crippen LogP contribution in [-0.4, -0.2) is 11.2 Å². The number of aromatic nitrogens is 1. The third kappa shape index (κ3) is 3.36. The van der Waals surface area contributed by atoms with Crippen molar-refractivity contribution in [1.82, 2.24) is 10.5 Å². The third-order valence-corrected chi connectivity index (χ3v) is 3.26. The highest BCUT2D eigenvalue weighted by atomic mass is 19.1. The molecule has 1 aliphatic rings. The molecule has 3 rings (SSSR count). The molecule has 0 bridgehead atoms. The standard InChI is InChI=1S/C15H17FN2O2/c1-10-6-11(16)2-5-15(10)19-9-14-7-13(18-20-14)8-17-12-3-4-12/h2,5-7,12,17H,3-4,8-9H2,1H3. The molecule has 1 aromatic carbocycles. The number of benzene rings is 1. The van der Waals surface area contributed by atoms with E-state index in [1.807, 2.05) is 13.0 Å². The van der Waals surface area contributed by atoms with E-state index < -0.39 is 0 Å². The van der Waals surface area contributed by atoms with E-state index in [-0.39, 0.29) is 5.82 Å². The van der Waals surface area contributed by atoms with Gasteiger partial charge in [0, 0.05) is 18.7 Å². The van der Waals surface area contributed by atoms with Gasteiger partial charge < -0.3 is 14.6 Å². The zero-order chi connectivity index (χ0) is 13.9. The molecule has 2 aromatic rings. The lowest BCUT2D eigenvalue weighted by Gasteiger charge is -2.06. The van der Waals surface area contributed by atoms with E-state index >= 15 is 0 Å². The van der Waals surface area contributed by atoms with E-state index in [2.05, 4.69) is 10.5 Å². The number of hydrogen-bond donors (Lipinski definition) is 1. The minimum Gasteiger partial charge on any atom is -0.485 e. The molecule has 0 unspecified atom stereocenters. The molecule has 0 spiro atoms. The number of halogens is 1. The minimum atomic E-state index is -0.261. The molecule has 1 N–H and O–H groups in total. The predicted octanol–water partition coefficient (Wildman–Crippen LogP) is 2.95. The molecule has 106 valence electrons. The molecular weight excluding hydrogens is 259 g/mol. The van der Waals surface area contributed by atoms with Crippen molar-refractivity contribution in [3.63, 3.8) is 0 Å². The van der Waals surface area contributed by atoms with Crippen molar-refractivity contribution in [2.24, 2.45) is 0 Å². The Balaban J connectivity index is 1.54. The normalized spacial score (nSPS) is 14.5. The largest absolute Gasteiger partial charge is 0.485 e. The van der Waals surface area contributed by atoms with Gasteiger partial charge in [-0.2, -0.15) is 0 Å². The van der Waals surface area contributed by atoms with E-state index in [0.29, 0.717) is 24.2 Å². The van der Waals surface area contributed by atoms with E-state index in [4.69, 9.17) is 9.26 Å². The van der Waals surface area contributed by atoms with Crippen LogP contribution >= 0.6 is 0 Å². The summed E-state index contributed by atoms with van der Waals surface area (Å²) in [6.45, 7) is 2.83. The quantitative estimate of drug-likeness (QED) is 0.881. The third-order valence-electron chi connectivity index (χ3n) is 3.26. The lowest BCUT2D eigenvalue weighted by atomic mass is 10.2. The molecule has 20 heavy (non-hydrogen) atoms. The van der Waals surface area contributed by atoms with Gasteiger partial charge in [-0.15, -0.1) is 0 Å². The van der Waals surface area contributed by atoms with Gasteiger partial charge in [0.2, 0.25) is 0 Å². The zero-order valence-electron chi connectivity index (χ0n) is 11.4. The Morgan fingerprint density at radius 3 is 3.00 bits per heavy atom. The molecule has 0 aliphatic heterocycles. The summed E-state index contributed by atoms with van der Waals surface area (Å²) in [5, 5.41) is 7.36. The van der Waals surface area contributed by atoms with Crippen LogP contribution in [0.5, 0.6) is 5.75 Å². The molecule has 1 heterocycles. The molecule has 5 heteroatoms. The fourth-order valence-corrected chi connectivity index (χ4v) is 1.97. The number of nitrogens with zero attached hydrogens (tertiary/aromatic N) is 1. The Morgan fingerprint density at radius 1 is 1.40 bits per heavy atom. The summed E-state index contributed by atoms with van der Waals surface area (Å²) < 4.78 is 23.8. The molecule has 0 amide bonds. The van der Waals surface area contributed by atoms with E-state index in [0.717, 1.165) is 17.8 Å². The topological polar surface area (TPSA) is 47.3 Å². The smallest absolute Gasteiger partial charge is 0.174 e. The van der Waals surface area contributed by atoms with Gasteiger partial charge in [-0.25, -0.2) is 4.39 Å². The van der Waals surface area contributed by atoms with Crippen LogP contribution in [0.15, 0.2) is 28.8 Å². The zero-order valence-corrected chi connectivity index (χ0v) is 11.4. The molecule has 1 fully saturated rings. The van der Waals surface area contributed by atoms with Crippen molar-refractivity contribution < 1.29 is 13.7 Å². The minimum absolute atomic E-state index is 0.261. The highest BCUT2D eigenvalue weighted by Crippen LogP contribution is 2.21. The van der Waals surface area contributed by atoms with Crippen LogP contribution in [-0.2, 0) is 13.2 Å². The molecule has 0 radical (unpaired) electrons. The Kier molecular flexibility index (Phi) is 3.69. The molecule has 0 saturated heterocycles. The first kappa shape index (κ1) is 13.1. The van der Waals surface area contributed by atoms with Gasteiger partial charge >= 0.3 is 0 Å². The van der Waals surface area contributed by atoms with Crippen LogP contribution < -0.4 is 10.1 Å². The second kappa shape index (κ2) is 5.63. The molecular formula is C15H17FN2O2. The highest BCUT2D eigenvalue weighted by Gasteiger charge is 2.20. The molecule has 1 aromatic heterocycles. The Bertz CT molecular complexity index is 593. The lowest BCUT2D eigenvalue weighted by molar-refractivity contribution is 0.247. The van der Waals surface area contributed by atoms with E-state index in [1.165, 1.54) is 25.0 Å². The van der Waals surface area contributed by atoms with Gasteiger partial charge in [0.1, 0.15) is 18.2 Å². The van der Waals surface area contributed by atoms with Crippen molar-refractivity contribution in [2.45, 2.75) is 39.0 Å². The van der Waals surface area contributed by atoms with Crippen LogP contribution in [0.25, 0.3) is 0 Å². The summed E-state index contributed by atoms with van der Waals surface area (Å²) in [6, 6.07) is 6.98. The number of hydrogen-bond acceptors (Lipinski definition) is 4. The van der Waals surface area contributed by atoms with Gasteiger partial charge in [-0.05, 0) is 43.5 Å². The fraction of sp³-hybridized carbons (Fsp3) is 0.400. The Morgan fingerprint density at radius 2 is 2.25 bits per heavy atom. The van der Waals surface area contributed by atoms with Crippen LogP contribution in [0.4, 0.5) is 4.39 Å². The van der Waals surface area contributed by atoms with Crippen molar-refractivity contribution >= 4 is 0 Å². The monoisotopic (exact) mass is 276 g/mol. The second-order valence-corrected chi connectivity index (χ2v) is 5.14. The number of ether oxygens (including phenoxy) is 1. The lowest BCUT2D eigenvalue weighted by Crippen LogP contribution is -2.15.